The van der Waals surface area contributed by atoms with Gasteiger partial charge in [0.2, 0.25) is 5.91 Å². The van der Waals surface area contributed by atoms with Gasteiger partial charge >= 0.3 is 18.5 Å². The van der Waals surface area contributed by atoms with Crippen molar-refractivity contribution in [2.75, 3.05) is 23.7 Å². The summed E-state index contributed by atoms with van der Waals surface area (Å²) in [5, 5.41) is 2.30. The van der Waals surface area contributed by atoms with E-state index in [2.05, 4.69) is 20.9 Å². The van der Waals surface area contributed by atoms with Gasteiger partial charge in [0.05, 0.1) is 28.3 Å². The van der Waals surface area contributed by atoms with Crippen molar-refractivity contribution in [3.63, 3.8) is 0 Å². The van der Waals surface area contributed by atoms with Crippen LogP contribution in [0.4, 0.5) is 28.4 Å². The second-order valence-electron chi connectivity index (χ2n) is 15.6. The fraction of sp³-hybridized carbons (Fsp3) is 0.514. The number of halogens is 3. The highest BCUT2D eigenvalue weighted by Crippen LogP contribution is 2.50. The van der Waals surface area contributed by atoms with Gasteiger partial charge in [-0.25, -0.2) is 18.0 Å². The Morgan fingerprint density at radius 3 is 2.13 bits per heavy atom. The van der Waals surface area contributed by atoms with Gasteiger partial charge < -0.3 is 29.3 Å². The van der Waals surface area contributed by atoms with Gasteiger partial charge in [-0.2, -0.15) is 0 Å². The van der Waals surface area contributed by atoms with E-state index < -0.39 is 86.8 Å². The molecule has 2 bridgehead atoms. The number of nitrogens with zero attached hydrogens (tertiary/aromatic N) is 2. The van der Waals surface area contributed by atoms with Crippen LogP contribution >= 0.6 is 0 Å². The normalized spacial score (nSPS) is 22.1. The van der Waals surface area contributed by atoms with Crippen LogP contribution in [-0.4, -0.2) is 85.7 Å². The van der Waals surface area contributed by atoms with Crippen LogP contribution in [0.1, 0.15) is 70.3 Å². The number of nitrogens with one attached hydrogen (secondary N) is 3. The Kier molecular flexibility index (Phi) is 10.6. The number of alkyl halides is 3. The minimum absolute atomic E-state index is 0.0739. The number of fused-ring (bicyclic) bond motifs is 3. The summed E-state index contributed by atoms with van der Waals surface area (Å²) in [6, 6.07) is 6.21. The van der Waals surface area contributed by atoms with E-state index in [9.17, 15) is 45.6 Å². The average Bonchev–Trinajstić information content (AvgIpc) is 3.09. The number of hydrogen-bond acceptors (Lipinski definition) is 10. The van der Waals surface area contributed by atoms with Gasteiger partial charge in [-0.05, 0) is 96.2 Å². The van der Waals surface area contributed by atoms with Gasteiger partial charge in [-0.3, -0.25) is 25.2 Å². The number of piperidine rings is 2. The number of benzene rings is 2. The minimum Gasteiger partial charge on any atom is -0.444 e. The highest BCUT2D eigenvalue weighted by molar-refractivity contribution is 7.91. The molecular weight excluding hydrogens is 739 g/mol. The first-order valence-corrected chi connectivity index (χ1v) is 18.6. The molecule has 1 atom stereocenters. The molecule has 19 heteroatoms. The Bertz CT molecular complexity index is 1940. The Labute approximate surface area is 309 Å². The maximum atomic E-state index is 14.0. The Morgan fingerprint density at radius 2 is 1.54 bits per heavy atom. The van der Waals surface area contributed by atoms with E-state index in [1.165, 1.54) is 23.1 Å². The first-order chi connectivity index (χ1) is 24.8. The second kappa shape index (κ2) is 14.3. The van der Waals surface area contributed by atoms with Crippen molar-refractivity contribution in [1.82, 2.24) is 21.1 Å². The van der Waals surface area contributed by atoms with E-state index in [4.69, 9.17) is 9.47 Å². The van der Waals surface area contributed by atoms with Crippen LogP contribution in [0, 0.1) is 11.3 Å². The molecule has 0 aromatic heterocycles. The van der Waals surface area contributed by atoms with Crippen LogP contribution in [0.3, 0.4) is 0 Å². The Hall–Kier alpha value is -5.07. The van der Waals surface area contributed by atoms with Gasteiger partial charge in [0.25, 0.3) is 11.8 Å². The summed E-state index contributed by atoms with van der Waals surface area (Å²) in [6.07, 6.45) is -5.60. The molecule has 0 radical (unpaired) electrons. The van der Waals surface area contributed by atoms with Gasteiger partial charge in [0.15, 0.2) is 9.84 Å². The summed E-state index contributed by atoms with van der Waals surface area (Å²) in [4.78, 5) is 68.3. The molecule has 0 unspecified atom stereocenters. The van der Waals surface area contributed by atoms with Crippen LogP contribution < -0.4 is 25.8 Å². The van der Waals surface area contributed by atoms with E-state index in [0.29, 0.717) is 19.4 Å². The van der Waals surface area contributed by atoms with Crippen molar-refractivity contribution in [3.05, 3.63) is 53.6 Å². The van der Waals surface area contributed by atoms with E-state index in [1.807, 2.05) is 0 Å². The molecule has 54 heavy (non-hydrogen) atoms. The van der Waals surface area contributed by atoms with Crippen LogP contribution in [-0.2, 0) is 35.4 Å². The van der Waals surface area contributed by atoms with E-state index >= 15 is 0 Å². The van der Waals surface area contributed by atoms with Crippen LogP contribution in [0.2, 0.25) is 0 Å². The molecule has 2 saturated heterocycles. The van der Waals surface area contributed by atoms with Gasteiger partial charge in [0, 0.05) is 18.7 Å². The molecule has 2 aromatic rings. The number of alkyl carbamates (subject to hydrolysis) is 1. The van der Waals surface area contributed by atoms with E-state index in [0.717, 1.165) is 29.2 Å². The highest BCUT2D eigenvalue weighted by atomic mass is 32.2. The third-order valence-electron chi connectivity index (χ3n) is 8.74. The lowest BCUT2D eigenvalue weighted by atomic mass is 9.58. The van der Waals surface area contributed by atoms with Crippen LogP contribution in [0.25, 0.3) is 0 Å². The summed E-state index contributed by atoms with van der Waals surface area (Å²) in [7, 11) is -4.33. The molecule has 6 rings (SSSR count). The summed E-state index contributed by atoms with van der Waals surface area (Å²) in [5.74, 6) is -3.67. The van der Waals surface area contributed by atoms with E-state index in [-0.39, 0.29) is 34.2 Å². The number of ether oxygens (including phenoxy) is 3. The number of carbonyl (C=O) groups excluding carboxylic acids is 5. The summed E-state index contributed by atoms with van der Waals surface area (Å²) in [6.45, 7) is 10.0. The van der Waals surface area contributed by atoms with Gasteiger partial charge in [-0.15, -0.1) is 13.2 Å². The lowest BCUT2D eigenvalue weighted by Gasteiger charge is -2.54. The fourth-order valence-corrected chi connectivity index (χ4v) is 8.21. The summed E-state index contributed by atoms with van der Waals surface area (Å²) in [5.41, 5.74) is 1.85. The molecule has 5 amide bonds. The van der Waals surface area contributed by atoms with Crippen molar-refractivity contribution >= 4 is 45.4 Å². The molecule has 4 aliphatic rings. The Balaban J connectivity index is 1.39. The van der Waals surface area contributed by atoms with Gasteiger partial charge in [-0.1, -0.05) is 12.1 Å². The predicted octanol–water partition coefficient (Wildman–Crippen LogP) is 4.21. The van der Waals surface area contributed by atoms with Gasteiger partial charge in [0.1, 0.15) is 23.0 Å². The number of hydrogen-bond donors (Lipinski definition) is 3. The van der Waals surface area contributed by atoms with Crippen LogP contribution in [0.5, 0.6) is 5.75 Å². The summed E-state index contributed by atoms with van der Waals surface area (Å²) >= 11 is 0. The molecule has 3 aliphatic heterocycles. The molecule has 2 aromatic carbocycles. The molecule has 1 aliphatic carbocycles. The molecule has 294 valence electrons. The number of anilines is 1. The lowest BCUT2D eigenvalue weighted by Crippen LogP contribution is -2.65. The van der Waals surface area contributed by atoms with Crippen molar-refractivity contribution in [1.29, 1.82) is 0 Å². The SMILES string of the molecule is CC(C)(C)OC(=O)N[C@H]1CS(=O)(=O)c2ccc(C(=O)NNC(=O)C34CC(CN(C(=O)OC(C)(C)C)C3)C4)cc2N(Cc2ccc(OC(F)(F)F)cc2)C1=O. The quantitative estimate of drug-likeness (QED) is 0.358. The second-order valence-corrected chi connectivity index (χ2v) is 17.6. The monoisotopic (exact) mass is 781 g/mol. The largest absolute Gasteiger partial charge is 0.573 e. The van der Waals surface area contributed by atoms with E-state index in [1.54, 1.807) is 41.5 Å². The standard InChI is InChI=1S/C35H42F3N5O10S/c1-32(2,3)52-30(47)39-24-18-54(49,50)26-12-9-22(13-25(26)43(28(24)45)17-20-7-10-23(11-8-20)51-35(36,37)38)27(44)40-41-29(46)34-14-21(15-34)16-42(19-34)31(48)53-33(4,5)6/h7-13,21,24H,14-19H2,1-6H3,(H,39,47)(H,40,44)(H,41,46)/t21?,24-,34?/m0/s1. The topological polar surface area (TPSA) is 190 Å². The molecular formula is C35H42F3N5O10S. The lowest BCUT2D eigenvalue weighted by molar-refractivity contribution is -0.274. The molecule has 3 N–H and O–H groups in total. The maximum absolute atomic E-state index is 14.0. The third-order valence-corrected chi connectivity index (χ3v) is 10.5. The fourth-order valence-electron chi connectivity index (χ4n) is 6.60. The third kappa shape index (κ3) is 9.53. The number of rotatable bonds is 6. The number of amides is 5. The zero-order valence-corrected chi connectivity index (χ0v) is 31.3. The zero-order chi connectivity index (χ0) is 40.0. The number of sulfone groups is 1. The van der Waals surface area contributed by atoms with Crippen molar-refractivity contribution < 1.29 is 59.8 Å². The van der Waals surface area contributed by atoms with Crippen molar-refractivity contribution in [2.45, 2.75) is 89.4 Å². The zero-order valence-electron chi connectivity index (χ0n) is 30.5. The first-order valence-electron chi connectivity index (χ1n) is 16.9. The summed E-state index contributed by atoms with van der Waals surface area (Å²) < 4.78 is 80.2. The molecule has 0 spiro atoms. The number of carbonyl (C=O) groups is 5. The minimum atomic E-state index is -4.95. The molecule has 3 heterocycles. The first kappa shape index (κ1) is 40.1. The predicted molar refractivity (Wildman–Crippen MR) is 185 cm³/mol. The van der Waals surface area contributed by atoms with Crippen molar-refractivity contribution in [3.8, 4) is 5.75 Å². The number of hydrazine groups is 1. The smallest absolute Gasteiger partial charge is 0.444 e. The Morgan fingerprint density at radius 1 is 0.907 bits per heavy atom. The highest BCUT2D eigenvalue weighted by Gasteiger charge is 2.56. The van der Waals surface area contributed by atoms with Crippen LogP contribution in [0.15, 0.2) is 47.4 Å². The molecule has 1 saturated carbocycles. The van der Waals surface area contributed by atoms with Crippen molar-refractivity contribution in [2.24, 2.45) is 11.3 Å². The average molecular weight is 782 g/mol. The maximum Gasteiger partial charge on any atom is 0.573 e. The molecule has 3 fully saturated rings. The molecule has 15 nitrogen and oxygen atoms in total.